The van der Waals surface area contributed by atoms with E-state index in [2.05, 4.69) is 221 Å². The third-order valence-electron chi connectivity index (χ3n) is 11.6. The monoisotopic (exact) mass is 714 g/mol. The van der Waals surface area contributed by atoms with Crippen molar-refractivity contribution >= 4 is 43.1 Å². The summed E-state index contributed by atoms with van der Waals surface area (Å²) in [6, 6.07) is 74.2. The summed E-state index contributed by atoms with van der Waals surface area (Å²) in [5.74, 6) is 0. The van der Waals surface area contributed by atoms with Gasteiger partial charge in [-0.15, -0.1) is 0 Å². The van der Waals surface area contributed by atoms with Gasteiger partial charge in [0.05, 0.1) is 0 Å². The van der Waals surface area contributed by atoms with Crippen LogP contribution in [-0.4, -0.2) is 0 Å². The highest BCUT2D eigenvalue weighted by atomic mass is 14.3. The fraction of sp³-hybridized carbons (Fsp3) is 0.0714. The molecule has 0 saturated heterocycles. The topological polar surface area (TPSA) is 0 Å². The minimum absolute atomic E-state index is 0.0655. The maximum absolute atomic E-state index is 2.47. The van der Waals surface area contributed by atoms with Crippen molar-refractivity contribution in [3.05, 3.63) is 206 Å². The van der Waals surface area contributed by atoms with E-state index in [4.69, 9.17) is 0 Å². The molecule has 10 aromatic rings. The van der Waals surface area contributed by atoms with Gasteiger partial charge >= 0.3 is 0 Å². The van der Waals surface area contributed by atoms with Crippen LogP contribution in [0.5, 0.6) is 0 Å². The molecule has 0 amide bonds. The molecule has 0 aliphatic carbocycles. The smallest absolute Gasteiger partial charge is 0.00199 e. The van der Waals surface area contributed by atoms with E-state index in [1.54, 1.807) is 0 Å². The highest BCUT2D eigenvalue weighted by Crippen LogP contribution is 2.50. The summed E-state index contributed by atoms with van der Waals surface area (Å²) in [7, 11) is 0. The average molecular weight is 715 g/mol. The maximum atomic E-state index is 2.47. The van der Waals surface area contributed by atoms with E-state index >= 15 is 0 Å². The van der Waals surface area contributed by atoms with Crippen LogP contribution in [0.2, 0.25) is 0 Å². The molecule has 0 aliphatic heterocycles. The van der Waals surface area contributed by atoms with Gasteiger partial charge in [0.15, 0.2) is 0 Å². The quantitative estimate of drug-likeness (QED) is 0.156. The van der Waals surface area contributed by atoms with Crippen molar-refractivity contribution in [2.45, 2.75) is 26.2 Å². The summed E-state index contributed by atoms with van der Waals surface area (Å²) in [6.45, 7) is 7.00. The second-order valence-corrected chi connectivity index (χ2v) is 16.0. The molecule has 0 nitrogen and oxygen atoms in total. The lowest BCUT2D eigenvalue weighted by molar-refractivity contribution is 0.592. The van der Waals surface area contributed by atoms with Gasteiger partial charge in [-0.25, -0.2) is 0 Å². The predicted octanol–water partition coefficient (Wildman–Crippen LogP) is 15.9. The van der Waals surface area contributed by atoms with Gasteiger partial charge in [-0.05, 0) is 122 Å². The van der Waals surface area contributed by atoms with E-state index in [0.29, 0.717) is 0 Å². The van der Waals surface area contributed by atoms with Gasteiger partial charge in [0, 0.05) is 0 Å². The van der Waals surface area contributed by atoms with E-state index < -0.39 is 0 Å². The first kappa shape index (κ1) is 33.8. The number of benzene rings is 10. The molecule has 0 heterocycles. The summed E-state index contributed by atoms with van der Waals surface area (Å²) in [5.41, 5.74) is 13.7. The maximum Gasteiger partial charge on any atom is -0.00199 e. The number of rotatable bonds is 5. The zero-order valence-electron chi connectivity index (χ0n) is 32.1. The minimum Gasteiger partial charge on any atom is -0.0622 e. The molecular formula is C56H42. The molecular weight excluding hydrogens is 673 g/mol. The lowest BCUT2D eigenvalue weighted by Gasteiger charge is -2.26. The van der Waals surface area contributed by atoms with Gasteiger partial charge < -0.3 is 0 Å². The van der Waals surface area contributed by atoms with Crippen molar-refractivity contribution in [2.24, 2.45) is 0 Å². The van der Waals surface area contributed by atoms with Crippen molar-refractivity contribution in [2.75, 3.05) is 0 Å². The van der Waals surface area contributed by atoms with E-state index in [1.807, 2.05) is 0 Å². The van der Waals surface area contributed by atoms with E-state index in [1.165, 1.54) is 104 Å². The molecule has 10 aromatic carbocycles. The van der Waals surface area contributed by atoms with E-state index in [9.17, 15) is 0 Å². The lowest BCUT2D eigenvalue weighted by Crippen LogP contribution is -2.12. The van der Waals surface area contributed by atoms with Crippen LogP contribution in [0.3, 0.4) is 0 Å². The third kappa shape index (κ3) is 5.69. The molecule has 0 saturated carbocycles. The number of hydrogen-bond donors (Lipinski definition) is 0. The first-order chi connectivity index (χ1) is 27.4. The lowest BCUT2D eigenvalue weighted by atomic mass is 9.77. The van der Waals surface area contributed by atoms with Crippen molar-refractivity contribution < 1.29 is 0 Å². The molecule has 10 rings (SSSR count). The Hall–Kier alpha value is -6.76. The first-order valence-corrected chi connectivity index (χ1v) is 19.7. The van der Waals surface area contributed by atoms with Crippen molar-refractivity contribution in [3.8, 4) is 55.6 Å². The number of fused-ring (bicyclic) bond motifs is 4. The van der Waals surface area contributed by atoms with Crippen LogP contribution < -0.4 is 0 Å². The average Bonchev–Trinajstić information content (AvgIpc) is 3.25. The van der Waals surface area contributed by atoms with Crippen LogP contribution in [0, 0.1) is 0 Å². The summed E-state index contributed by atoms with van der Waals surface area (Å²) in [4.78, 5) is 0. The molecule has 56 heavy (non-hydrogen) atoms. The second kappa shape index (κ2) is 13.5. The van der Waals surface area contributed by atoms with Crippen LogP contribution in [-0.2, 0) is 5.41 Å². The van der Waals surface area contributed by atoms with Crippen LogP contribution in [0.4, 0.5) is 0 Å². The molecule has 0 aromatic heterocycles. The van der Waals surface area contributed by atoms with Gasteiger partial charge in [-0.3, -0.25) is 0 Å². The predicted molar refractivity (Wildman–Crippen MR) is 242 cm³/mol. The van der Waals surface area contributed by atoms with Crippen molar-refractivity contribution in [3.63, 3.8) is 0 Å². The molecule has 0 bridgehead atoms. The van der Waals surface area contributed by atoms with Gasteiger partial charge in [0.25, 0.3) is 0 Å². The Balaban J connectivity index is 1.39. The largest absolute Gasteiger partial charge is 0.0622 e. The van der Waals surface area contributed by atoms with E-state index in [0.717, 1.165) is 0 Å². The SMILES string of the molecule is CC(C)(C)c1ccccc1-c1c2ccc(-c3cccc4ccccc34)cc2c(-c2ccccc2-c2ccccc2)c2ccc(-c3cccc4ccccc34)cc12. The molecule has 0 N–H and O–H groups in total. The van der Waals surface area contributed by atoms with Gasteiger partial charge in [-0.2, -0.15) is 0 Å². The summed E-state index contributed by atoms with van der Waals surface area (Å²) in [6.07, 6.45) is 0. The van der Waals surface area contributed by atoms with Gasteiger partial charge in [-0.1, -0.05) is 209 Å². The normalized spacial score (nSPS) is 11.8. The standard InChI is InChI=1S/C56H42/c1-56(2,3)53-30-14-13-27-50(53)55-49-34-32-40(45-28-15-21-38-19-7-9-23-42(38)45)35-51(49)54(47-26-12-11-25-44(47)37-17-5-4-6-18-37)48-33-31-41(36-52(48)55)46-29-16-22-39-20-8-10-24-43(39)46/h4-36H,1-3H3. The molecule has 0 spiro atoms. The van der Waals surface area contributed by atoms with E-state index in [-0.39, 0.29) is 5.41 Å². The number of hydrogen-bond acceptors (Lipinski definition) is 0. The molecule has 0 heteroatoms. The second-order valence-electron chi connectivity index (χ2n) is 16.0. The first-order valence-electron chi connectivity index (χ1n) is 19.7. The van der Waals surface area contributed by atoms with Crippen molar-refractivity contribution in [1.82, 2.24) is 0 Å². The zero-order chi connectivity index (χ0) is 37.8. The molecule has 0 atom stereocenters. The van der Waals surface area contributed by atoms with Crippen LogP contribution in [0.25, 0.3) is 98.7 Å². The minimum atomic E-state index is -0.0655. The molecule has 266 valence electrons. The summed E-state index contributed by atoms with van der Waals surface area (Å²) in [5, 5.41) is 10.0. The summed E-state index contributed by atoms with van der Waals surface area (Å²) < 4.78 is 0. The van der Waals surface area contributed by atoms with Crippen LogP contribution >= 0.6 is 0 Å². The van der Waals surface area contributed by atoms with Gasteiger partial charge in [0.1, 0.15) is 0 Å². The molecule has 0 fully saturated rings. The Kier molecular flexibility index (Phi) is 8.15. The van der Waals surface area contributed by atoms with Crippen molar-refractivity contribution in [1.29, 1.82) is 0 Å². The third-order valence-corrected chi connectivity index (χ3v) is 11.6. The molecule has 0 radical (unpaired) electrons. The highest BCUT2D eigenvalue weighted by Gasteiger charge is 2.25. The Morgan fingerprint density at radius 3 is 1.27 bits per heavy atom. The Bertz CT molecular complexity index is 3090. The Labute approximate surface area is 329 Å². The Morgan fingerprint density at radius 2 is 0.696 bits per heavy atom. The van der Waals surface area contributed by atoms with Gasteiger partial charge in [0.2, 0.25) is 0 Å². The fourth-order valence-electron chi connectivity index (χ4n) is 9.02. The van der Waals surface area contributed by atoms with Crippen LogP contribution in [0.1, 0.15) is 26.3 Å². The Morgan fingerprint density at radius 1 is 0.268 bits per heavy atom. The molecule has 0 aliphatic rings. The highest BCUT2D eigenvalue weighted by molar-refractivity contribution is 6.24. The van der Waals surface area contributed by atoms with Crippen LogP contribution in [0.15, 0.2) is 200 Å². The summed E-state index contributed by atoms with van der Waals surface area (Å²) >= 11 is 0. The molecule has 0 unspecified atom stereocenters. The zero-order valence-corrected chi connectivity index (χ0v) is 32.1. The fourth-order valence-corrected chi connectivity index (χ4v) is 9.02.